The van der Waals surface area contributed by atoms with E-state index in [4.69, 9.17) is 0 Å². The van der Waals surface area contributed by atoms with Crippen LogP contribution in [0.5, 0.6) is 0 Å². The molecule has 0 saturated carbocycles. The molecule has 0 fully saturated rings. The van der Waals surface area contributed by atoms with Crippen LogP contribution in [0.4, 0.5) is 0 Å². The quantitative estimate of drug-likeness (QED) is 0.441. The minimum atomic E-state index is -0.603. The number of nitrogens with zero attached hydrogens (tertiary/aromatic N) is 1. The van der Waals surface area contributed by atoms with Crippen LogP contribution in [0.1, 0.15) is 73.2 Å². The predicted molar refractivity (Wildman–Crippen MR) is 118 cm³/mol. The van der Waals surface area contributed by atoms with Gasteiger partial charge in [0.1, 0.15) is 0 Å². The second-order valence-corrected chi connectivity index (χ2v) is 8.13. The van der Waals surface area contributed by atoms with Gasteiger partial charge < -0.3 is 20.6 Å². The van der Waals surface area contributed by atoms with Gasteiger partial charge in [-0.3, -0.25) is 9.59 Å². The third-order valence-electron chi connectivity index (χ3n) is 4.57. The maximum Gasteiger partial charge on any atom is 0.253 e. The Morgan fingerprint density at radius 1 is 1.03 bits per heavy atom. The molecule has 0 aromatic heterocycles. The van der Waals surface area contributed by atoms with E-state index in [1.54, 1.807) is 12.1 Å². The molecule has 0 radical (unpaired) electrons. The average Bonchev–Trinajstić information content (AvgIpc) is 2.68. The van der Waals surface area contributed by atoms with E-state index in [0.717, 1.165) is 24.9 Å². The van der Waals surface area contributed by atoms with Gasteiger partial charge in [-0.25, -0.2) is 0 Å². The number of hydrogen-bond donors (Lipinski definition) is 3. The molecule has 0 aliphatic heterocycles. The SMILES string of the molecule is CCCN(CCC)C(=O)c1cc(C)cc(C(=O)NCC(O)CCNCC(C)C)c1. The molecular formula is C23H39N3O3. The lowest BCUT2D eigenvalue weighted by Gasteiger charge is -2.22. The Labute approximate surface area is 176 Å². The van der Waals surface area contributed by atoms with E-state index in [1.165, 1.54) is 0 Å². The molecule has 2 amide bonds. The Kier molecular flexibility index (Phi) is 11.5. The number of carbonyl (C=O) groups is 2. The van der Waals surface area contributed by atoms with E-state index in [-0.39, 0.29) is 18.4 Å². The monoisotopic (exact) mass is 405 g/mol. The van der Waals surface area contributed by atoms with Crippen LogP contribution in [0.2, 0.25) is 0 Å². The number of hydrogen-bond acceptors (Lipinski definition) is 4. The molecule has 0 bridgehead atoms. The van der Waals surface area contributed by atoms with Gasteiger partial charge in [0, 0.05) is 30.8 Å². The van der Waals surface area contributed by atoms with Crippen LogP contribution in [-0.2, 0) is 0 Å². The van der Waals surface area contributed by atoms with Crippen LogP contribution in [0.25, 0.3) is 0 Å². The van der Waals surface area contributed by atoms with E-state index in [0.29, 0.717) is 43.1 Å². The van der Waals surface area contributed by atoms with Gasteiger partial charge in [0.25, 0.3) is 11.8 Å². The van der Waals surface area contributed by atoms with E-state index >= 15 is 0 Å². The first-order valence-electron chi connectivity index (χ1n) is 10.9. The Balaban J connectivity index is 2.69. The van der Waals surface area contributed by atoms with Gasteiger partial charge in [0.15, 0.2) is 0 Å². The Morgan fingerprint density at radius 3 is 2.24 bits per heavy atom. The maximum atomic E-state index is 12.9. The van der Waals surface area contributed by atoms with Crippen LogP contribution in [-0.4, -0.2) is 60.6 Å². The van der Waals surface area contributed by atoms with Crippen LogP contribution < -0.4 is 10.6 Å². The largest absolute Gasteiger partial charge is 0.391 e. The molecule has 0 aliphatic carbocycles. The highest BCUT2D eigenvalue weighted by Gasteiger charge is 2.17. The Morgan fingerprint density at radius 2 is 1.66 bits per heavy atom. The van der Waals surface area contributed by atoms with Crippen molar-refractivity contribution in [1.29, 1.82) is 0 Å². The normalized spacial score (nSPS) is 12.1. The number of amides is 2. The zero-order valence-corrected chi connectivity index (χ0v) is 18.8. The maximum absolute atomic E-state index is 12.9. The van der Waals surface area contributed by atoms with Crippen molar-refractivity contribution < 1.29 is 14.7 Å². The Hall–Kier alpha value is -1.92. The number of aliphatic hydroxyl groups excluding tert-OH is 1. The van der Waals surface area contributed by atoms with Crippen molar-refractivity contribution in [1.82, 2.24) is 15.5 Å². The molecule has 0 heterocycles. The van der Waals surface area contributed by atoms with Crippen LogP contribution in [0.3, 0.4) is 0 Å². The molecular weight excluding hydrogens is 366 g/mol. The summed E-state index contributed by atoms with van der Waals surface area (Å²) < 4.78 is 0. The fourth-order valence-electron chi connectivity index (χ4n) is 3.15. The highest BCUT2D eigenvalue weighted by atomic mass is 16.3. The molecule has 3 N–H and O–H groups in total. The molecule has 0 spiro atoms. The lowest BCUT2D eigenvalue weighted by Crippen LogP contribution is -2.35. The molecule has 1 rings (SSSR count). The van der Waals surface area contributed by atoms with Crippen molar-refractivity contribution in [3.8, 4) is 0 Å². The fourth-order valence-corrected chi connectivity index (χ4v) is 3.15. The van der Waals surface area contributed by atoms with Gasteiger partial charge in [0.2, 0.25) is 0 Å². The van der Waals surface area contributed by atoms with Crippen molar-refractivity contribution >= 4 is 11.8 Å². The average molecular weight is 406 g/mol. The van der Waals surface area contributed by atoms with Gasteiger partial charge in [-0.15, -0.1) is 0 Å². The Bertz CT molecular complexity index is 640. The molecule has 0 saturated heterocycles. The summed E-state index contributed by atoms with van der Waals surface area (Å²) in [6.45, 7) is 13.5. The van der Waals surface area contributed by atoms with E-state index in [1.807, 2.05) is 17.9 Å². The molecule has 164 valence electrons. The molecule has 6 heteroatoms. The lowest BCUT2D eigenvalue weighted by molar-refractivity contribution is 0.0755. The summed E-state index contributed by atoms with van der Waals surface area (Å²) in [6.07, 6.45) is 1.77. The first-order chi connectivity index (χ1) is 13.8. The van der Waals surface area contributed by atoms with Crippen LogP contribution >= 0.6 is 0 Å². The van der Waals surface area contributed by atoms with E-state index < -0.39 is 6.10 Å². The smallest absolute Gasteiger partial charge is 0.253 e. The first kappa shape index (κ1) is 25.1. The summed E-state index contributed by atoms with van der Waals surface area (Å²) >= 11 is 0. The third kappa shape index (κ3) is 9.41. The zero-order valence-electron chi connectivity index (χ0n) is 18.8. The minimum Gasteiger partial charge on any atom is -0.391 e. The van der Waals surface area contributed by atoms with Crippen LogP contribution in [0, 0.1) is 12.8 Å². The van der Waals surface area contributed by atoms with Gasteiger partial charge in [0.05, 0.1) is 6.10 Å². The van der Waals surface area contributed by atoms with Gasteiger partial charge >= 0.3 is 0 Å². The van der Waals surface area contributed by atoms with Crippen molar-refractivity contribution in [3.05, 3.63) is 34.9 Å². The highest BCUT2D eigenvalue weighted by molar-refractivity contribution is 6.00. The van der Waals surface area contributed by atoms with E-state index in [2.05, 4.69) is 38.3 Å². The summed E-state index contributed by atoms with van der Waals surface area (Å²) in [5, 5.41) is 16.1. The summed E-state index contributed by atoms with van der Waals surface area (Å²) in [5.74, 6) is 0.257. The number of aryl methyl sites for hydroxylation is 1. The van der Waals surface area contributed by atoms with Crippen molar-refractivity contribution in [3.63, 3.8) is 0 Å². The zero-order chi connectivity index (χ0) is 21.8. The predicted octanol–water partition coefficient (Wildman–Crippen LogP) is 2.98. The molecule has 1 unspecified atom stereocenters. The minimum absolute atomic E-state index is 0.0392. The molecule has 1 aromatic rings. The number of benzene rings is 1. The van der Waals surface area contributed by atoms with Crippen molar-refractivity contribution in [2.45, 2.75) is 60.0 Å². The number of carbonyl (C=O) groups excluding carboxylic acids is 2. The third-order valence-corrected chi connectivity index (χ3v) is 4.57. The summed E-state index contributed by atoms with van der Waals surface area (Å²) in [6, 6.07) is 5.25. The molecule has 29 heavy (non-hydrogen) atoms. The summed E-state index contributed by atoms with van der Waals surface area (Å²) in [4.78, 5) is 27.3. The molecule has 1 atom stereocenters. The standard InChI is InChI=1S/C23H39N3O3/c1-6-10-26(11-7-2)23(29)20-13-18(5)12-19(14-20)22(28)25-16-21(27)8-9-24-15-17(3)4/h12-14,17,21,24,27H,6-11,15-16H2,1-5H3,(H,25,28). The number of nitrogens with one attached hydrogen (secondary N) is 2. The molecule has 1 aromatic carbocycles. The summed E-state index contributed by atoms with van der Waals surface area (Å²) in [5.41, 5.74) is 1.86. The molecule has 0 aliphatic rings. The van der Waals surface area contributed by atoms with Gasteiger partial charge in [-0.2, -0.15) is 0 Å². The van der Waals surface area contributed by atoms with Gasteiger partial charge in [-0.05, 0) is 69.0 Å². The summed E-state index contributed by atoms with van der Waals surface area (Å²) in [7, 11) is 0. The topological polar surface area (TPSA) is 81.7 Å². The van der Waals surface area contributed by atoms with E-state index in [9.17, 15) is 14.7 Å². The highest BCUT2D eigenvalue weighted by Crippen LogP contribution is 2.13. The molecule has 6 nitrogen and oxygen atoms in total. The van der Waals surface area contributed by atoms with Crippen molar-refractivity contribution in [2.24, 2.45) is 5.92 Å². The lowest BCUT2D eigenvalue weighted by atomic mass is 10.0. The van der Waals surface area contributed by atoms with Gasteiger partial charge in [-0.1, -0.05) is 27.7 Å². The van der Waals surface area contributed by atoms with Crippen LogP contribution in [0.15, 0.2) is 18.2 Å². The first-order valence-corrected chi connectivity index (χ1v) is 10.9. The second-order valence-electron chi connectivity index (χ2n) is 8.13. The number of rotatable bonds is 13. The second kappa shape index (κ2) is 13.3. The fraction of sp³-hybridized carbons (Fsp3) is 0.652. The van der Waals surface area contributed by atoms with Crippen molar-refractivity contribution in [2.75, 3.05) is 32.7 Å². The number of aliphatic hydroxyl groups is 1.